The van der Waals surface area contributed by atoms with E-state index in [-0.39, 0.29) is 0 Å². The van der Waals surface area contributed by atoms with Crippen LogP contribution in [0.4, 0.5) is 0 Å². The minimum atomic E-state index is -3.30. The van der Waals surface area contributed by atoms with Gasteiger partial charge in [-0.05, 0) is 38.8 Å². The molecule has 20 heavy (non-hydrogen) atoms. The maximum atomic E-state index is 12.5. The molecule has 0 radical (unpaired) electrons. The summed E-state index contributed by atoms with van der Waals surface area (Å²) in [6, 6.07) is 0.409. The lowest BCUT2D eigenvalue weighted by molar-refractivity contribution is 0.169. The van der Waals surface area contributed by atoms with E-state index in [1.165, 1.54) is 23.6 Å². The second-order valence-electron chi connectivity index (χ2n) is 5.77. The van der Waals surface area contributed by atoms with Crippen LogP contribution in [0.15, 0.2) is 0 Å². The van der Waals surface area contributed by atoms with Gasteiger partial charge in [-0.2, -0.15) is 17.0 Å². The van der Waals surface area contributed by atoms with Gasteiger partial charge < -0.3 is 0 Å². The SMILES string of the molecule is CN(CCCCl)S(=O)(=O)N1CCC(N2CCCCC2)C1. The van der Waals surface area contributed by atoms with Crippen LogP contribution in [0.25, 0.3) is 0 Å². The summed E-state index contributed by atoms with van der Waals surface area (Å²) >= 11 is 5.64. The first-order valence-corrected chi connectivity index (χ1v) is 9.50. The normalized spacial score (nSPS) is 26.4. The second kappa shape index (κ2) is 7.40. The molecule has 1 unspecified atom stereocenters. The third kappa shape index (κ3) is 3.85. The first-order valence-electron chi connectivity index (χ1n) is 7.57. The third-order valence-corrected chi connectivity index (χ3v) is 6.58. The van der Waals surface area contributed by atoms with Crippen molar-refractivity contribution >= 4 is 21.8 Å². The van der Waals surface area contributed by atoms with Gasteiger partial charge in [0.05, 0.1) is 0 Å². The molecule has 0 amide bonds. The summed E-state index contributed by atoms with van der Waals surface area (Å²) < 4.78 is 28.0. The molecular weight excluding hydrogens is 298 g/mol. The van der Waals surface area contributed by atoms with Crippen molar-refractivity contribution < 1.29 is 8.42 Å². The van der Waals surface area contributed by atoms with Crippen LogP contribution < -0.4 is 0 Å². The van der Waals surface area contributed by atoms with Crippen LogP contribution in [0, 0.1) is 0 Å². The number of nitrogens with zero attached hydrogens (tertiary/aromatic N) is 3. The zero-order valence-corrected chi connectivity index (χ0v) is 13.9. The smallest absolute Gasteiger partial charge is 0.281 e. The number of hydrogen-bond donors (Lipinski definition) is 0. The fourth-order valence-corrected chi connectivity index (χ4v) is 4.67. The molecule has 1 atom stereocenters. The molecule has 7 heteroatoms. The van der Waals surface area contributed by atoms with Gasteiger partial charge in [-0.15, -0.1) is 11.6 Å². The zero-order valence-electron chi connectivity index (χ0n) is 12.3. The first-order chi connectivity index (χ1) is 9.55. The van der Waals surface area contributed by atoms with Gasteiger partial charge >= 0.3 is 0 Å². The minimum Gasteiger partial charge on any atom is -0.299 e. The van der Waals surface area contributed by atoms with E-state index in [1.54, 1.807) is 11.4 Å². The number of piperidine rings is 1. The van der Waals surface area contributed by atoms with E-state index in [9.17, 15) is 8.42 Å². The van der Waals surface area contributed by atoms with E-state index in [2.05, 4.69) is 4.90 Å². The molecule has 0 bridgehead atoms. The predicted molar refractivity (Wildman–Crippen MR) is 82.3 cm³/mol. The Morgan fingerprint density at radius 1 is 1.20 bits per heavy atom. The van der Waals surface area contributed by atoms with Crippen LogP contribution >= 0.6 is 11.6 Å². The van der Waals surface area contributed by atoms with E-state index in [0.717, 1.165) is 19.5 Å². The van der Waals surface area contributed by atoms with Crippen molar-refractivity contribution in [3.05, 3.63) is 0 Å². The van der Waals surface area contributed by atoms with Crippen molar-refractivity contribution in [1.29, 1.82) is 0 Å². The monoisotopic (exact) mass is 323 g/mol. The molecule has 0 aliphatic carbocycles. The third-order valence-electron chi connectivity index (χ3n) is 4.36. The lowest BCUT2D eigenvalue weighted by Gasteiger charge is -2.32. The largest absolute Gasteiger partial charge is 0.299 e. The van der Waals surface area contributed by atoms with Gasteiger partial charge in [0.2, 0.25) is 0 Å². The van der Waals surface area contributed by atoms with Gasteiger partial charge in [0.1, 0.15) is 0 Å². The van der Waals surface area contributed by atoms with E-state index >= 15 is 0 Å². The second-order valence-corrected chi connectivity index (χ2v) is 8.18. The van der Waals surface area contributed by atoms with Gasteiger partial charge in [0.25, 0.3) is 10.2 Å². The summed E-state index contributed by atoms with van der Waals surface area (Å²) in [6.45, 7) is 4.04. The van der Waals surface area contributed by atoms with Crippen LogP contribution in [-0.2, 0) is 10.2 Å². The highest BCUT2D eigenvalue weighted by atomic mass is 35.5. The van der Waals surface area contributed by atoms with Crippen LogP contribution in [-0.4, -0.2) is 73.6 Å². The fourth-order valence-electron chi connectivity index (χ4n) is 3.10. The van der Waals surface area contributed by atoms with Gasteiger partial charge in [0.15, 0.2) is 0 Å². The molecule has 0 aromatic carbocycles. The molecular formula is C13H26ClN3O2S. The summed E-state index contributed by atoms with van der Waals surface area (Å²) in [4.78, 5) is 2.47. The minimum absolute atomic E-state index is 0.409. The van der Waals surface area contributed by atoms with Crippen LogP contribution in [0.1, 0.15) is 32.1 Å². The number of likely N-dealkylation sites (tertiary alicyclic amines) is 1. The quantitative estimate of drug-likeness (QED) is 0.693. The van der Waals surface area contributed by atoms with Crippen molar-refractivity contribution in [2.45, 2.75) is 38.1 Å². The maximum absolute atomic E-state index is 12.5. The van der Waals surface area contributed by atoms with E-state index in [1.807, 2.05) is 0 Å². The molecule has 2 heterocycles. The van der Waals surface area contributed by atoms with Gasteiger partial charge in [-0.3, -0.25) is 4.90 Å². The number of halogens is 1. The average molecular weight is 324 g/mol. The van der Waals surface area contributed by atoms with Crippen LogP contribution in [0.5, 0.6) is 0 Å². The molecule has 0 aromatic rings. The Bertz CT molecular complexity index is 398. The van der Waals surface area contributed by atoms with Crippen LogP contribution in [0.2, 0.25) is 0 Å². The van der Waals surface area contributed by atoms with Crippen LogP contribution in [0.3, 0.4) is 0 Å². The molecule has 2 aliphatic heterocycles. The van der Waals surface area contributed by atoms with Crippen molar-refractivity contribution in [1.82, 2.24) is 13.5 Å². The summed E-state index contributed by atoms with van der Waals surface area (Å²) in [5.41, 5.74) is 0. The molecule has 118 valence electrons. The Labute approximate surface area is 128 Å². The highest BCUT2D eigenvalue weighted by Gasteiger charge is 2.36. The van der Waals surface area contributed by atoms with Gasteiger partial charge in [0, 0.05) is 38.6 Å². The first kappa shape index (κ1) is 16.5. The standard InChI is InChI=1S/C13H26ClN3O2S/c1-15(8-5-7-14)20(18,19)17-11-6-13(12-17)16-9-3-2-4-10-16/h13H,2-12H2,1H3. The Morgan fingerprint density at radius 3 is 2.55 bits per heavy atom. The topological polar surface area (TPSA) is 43.9 Å². The average Bonchev–Trinajstić information content (AvgIpc) is 2.96. The molecule has 5 nitrogen and oxygen atoms in total. The predicted octanol–water partition coefficient (Wildman–Crippen LogP) is 1.35. The number of alkyl halides is 1. The van der Waals surface area contributed by atoms with Gasteiger partial charge in [-0.25, -0.2) is 0 Å². The van der Waals surface area contributed by atoms with E-state index in [4.69, 9.17) is 11.6 Å². The van der Waals surface area contributed by atoms with E-state index in [0.29, 0.717) is 38.0 Å². The summed E-state index contributed by atoms with van der Waals surface area (Å²) in [6.07, 6.45) is 5.47. The molecule has 2 rings (SSSR count). The Hall–Kier alpha value is 0.120. The van der Waals surface area contributed by atoms with Crippen molar-refractivity contribution in [2.75, 3.05) is 45.7 Å². The Kier molecular flexibility index (Phi) is 6.10. The molecule has 2 saturated heterocycles. The van der Waals surface area contributed by atoms with Crippen molar-refractivity contribution in [2.24, 2.45) is 0 Å². The highest BCUT2D eigenvalue weighted by molar-refractivity contribution is 7.86. The summed E-state index contributed by atoms with van der Waals surface area (Å²) in [5, 5.41) is 0. The molecule has 0 spiro atoms. The molecule has 0 N–H and O–H groups in total. The zero-order chi connectivity index (χ0) is 14.6. The van der Waals surface area contributed by atoms with Crippen molar-refractivity contribution in [3.8, 4) is 0 Å². The molecule has 0 saturated carbocycles. The highest BCUT2D eigenvalue weighted by Crippen LogP contribution is 2.23. The molecule has 0 aromatic heterocycles. The summed E-state index contributed by atoms with van der Waals surface area (Å²) in [7, 11) is -1.65. The van der Waals surface area contributed by atoms with Crippen molar-refractivity contribution in [3.63, 3.8) is 0 Å². The van der Waals surface area contributed by atoms with E-state index < -0.39 is 10.2 Å². The fraction of sp³-hybridized carbons (Fsp3) is 1.00. The van der Waals surface area contributed by atoms with Gasteiger partial charge in [-0.1, -0.05) is 6.42 Å². The number of hydrogen-bond acceptors (Lipinski definition) is 3. The maximum Gasteiger partial charge on any atom is 0.281 e. The Morgan fingerprint density at radius 2 is 1.90 bits per heavy atom. The molecule has 2 fully saturated rings. The lowest BCUT2D eigenvalue weighted by Crippen LogP contribution is -2.44. The summed E-state index contributed by atoms with van der Waals surface area (Å²) in [5.74, 6) is 0.496. The molecule has 2 aliphatic rings. The number of rotatable bonds is 6. The lowest BCUT2D eigenvalue weighted by atomic mass is 10.1. The Balaban J connectivity index is 1.90.